The molecule has 1 spiro atoms. The number of likely N-dealkylation sites (tertiary alicyclic amines) is 1. The molecule has 2 saturated heterocycles. The van der Waals surface area contributed by atoms with Gasteiger partial charge in [-0.1, -0.05) is 6.07 Å². The standard InChI is InChI=1S/C22H25N5O2/c28-14-16-13-27(21-24-8-2-9-25-21)15-22(16)6-11-26(12-7-22)20(29)18-3-1-4-19-17(18)5-10-23-19/h1-5,8-10,16,23,28H,6-7,11-15H2. The van der Waals surface area contributed by atoms with E-state index < -0.39 is 0 Å². The first-order valence-corrected chi connectivity index (χ1v) is 10.2. The van der Waals surface area contributed by atoms with E-state index >= 15 is 0 Å². The van der Waals surface area contributed by atoms with Crippen molar-refractivity contribution >= 4 is 22.8 Å². The van der Waals surface area contributed by atoms with Crippen molar-refractivity contribution in [2.75, 3.05) is 37.7 Å². The molecule has 1 aromatic carbocycles. The van der Waals surface area contributed by atoms with E-state index in [2.05, 4.69) is 19.9 Å². The van der Waals surface area contributed by atoms with E-state index in [9.17, 15) is 9.90 Å². The zero-order chi connectivity index (χ0) is 19.8. The number of aromatic amines is 1. The lowest BCUT2D eigenvalue weighted by atomic mass is 9.71. The third kappa shape index (κ3) is 3.06. The Bertz CT molecular complexity index is 1010. The SMILES string of the molecule is O=C(c1cccc2[nH]ccc12)N1CCC2(CC1)CN(c1ncccn1)CC2CO. The van der Waals surface area contributed by atoms with Crippen LogP contribution < -0.4 is 4.90 Å². The summed E-state index contributed by atoms with van der Waals surface area (Å²) in [5.74, 6) is 0.990. The number of hydrogen-bond donors (Lipinski definition) is 2. The summed E-state index contributed by atoms with van der Waals surface area (Å²) in [5.41, 5.74) is 1.74. The number of nitrogens with one attached hydrogen (secondary N) is 1. The van der Waals surface area contributed by atoms with Crippen molar-refractivity contribution in [2.24, 2.45) is 11.3 Å². The van der Waals surface area contributed by atoms with E-state index in [-0.39, 0.29) is 23.8 Å². The van der Waals surface area contributed by atoms with Crippen molar-refractivity contribution in [3.05, 3.63) is 54.5 Å². The number of aliphatic hydroxyl groups is 1. The van der Waals surface area contributed by atoms with Gasteiger partial charge < -0.3 is 19.9 Å². The molecule has 1 atom stereocenters. The van der Waals surface area contributed by atoms with E-state index in [1.165, 1.54) is 0 Å². The number of H-pyrrole nitrogens is 1. The molecule has 2 aliphatic heterocycles. The van der Waals surface area contributed by atoms with E-state index in [4.69, 9.17) is 0 Å². The molecule has 1 amide bonds. The van der Waals surface area contributed by atoms with Crippen molar-refractivity contribution in [3.63, 3.8) is 0 Å². The minimum Gasteiger partial charge on any atom is -0.396 e. The normalized spacial score (nSPS) is 21.2. The summed E-state index contributed by atoms with van der Waals surface area (Å²) in [4.78, 5) is 29.3. The Balaban J connectivity index is 1.33. The number of carbonyl (C=O) groups excluding carboxylic acids is 1. The summed E-state index contributed by atoms with van der Waals surface area (Å²) in [6, 6.07) is 9.60. The van der Waals surface area contributed by atoms with Gasteiger partial charge in [-0.05, 0) is 42.5 Å². The molecular formula is C22H25N5O2. The van der Waals surface area contributed by atoms with Crippen LogP contribution in [0, 0.1) is 11.3 Å². The number of benzene rings is 1. The van der Waals surface area contributed by atoms with Gasteiger partial charge in [-0.15, -0.1) is 0 Å². The molecule has 2 aliphatic rings. The van der Waals surface area contributed by atoms with Crippen LogP contribution in [0.3, 0.4) is 0 Å². The molecule has 0 saturated carbocycles. The van der Waals surface area contributed by atoms with Crippen LogP contribution in [0.4, 0.5) is 5.95 Å². The number of piperidine rings is 1. The summed E-state index contributed by atoms with van der Waals surface area (Å²) >= 11 is 0. The predicted octanol–water partition coefficient (Wildman–Crippen LogP) is 2.31. The molecule has 2 fully saturated rings. The van der Waals surface area contributed by atoms with Gasteiger partial charge in [0.1, 0.15) is 0 Å². The monoisotopic (exact) mass is 391 g/mol. The van der Waals surface area contributed by atoms with E-state index in [0.29, 0.717) is 13.1 Å². The molecule has 150 valence electrons. The summed E-state index contributed by atoms with van der Waals surface area (Å²) in [7, 11) is 0. The molecule has 2 aromatic heterocycles. The van der Waals surface area contributed by atoms with Crippen LogP contribution in [0.25, 0.3) is 10.9 Å². The van der Waals surface area contributed by atoms with Crippen LogP contribution in [0.2, 0.25) is 0 Å². The Morgan fingerprint density at radius 3 is 2.72 bits per heavy atom. The highest BCUT2D eigenvalue weighted by atomic mass is 16.3. The molecule has 3 aromatic rings. The molecule has 1 unspecified atom stereocenters. The molecule has 7 heteroatoms. The Morgan fingerprint density at radius 1 is 1.17 bits per heavy atom. The van der Waals surface area contributed by atoms with Gasteiger partial charge in [0.15, 0.2) is 0 Å². The summed E-state index contributed by atoms with van der Waals surface area (Å²) in [6.07, 6.45) is 7.15. The van der Waals surface area contributed by atoms with Crippen molar-refractivity contribution in [3.8, 4) is 0 Å². The third-order valence-electron chi connectivity index (χ3n) is 6.74. The summed E-state index contributed by atoms with van der Waals surface area (Å²) < 4.78 is 0. The zero-order valence-electron chi connectivity index (χ0n) is 16.3. The second-order valence-electron chi connectivity index (χ2n) is 8.21. The number of aliphatic hydroxyl groups excluding tert-OH is 1. The lowest BCUT2D eigenvalue weighted by Crippen LogP contribution is -2.47. The van der Waals surface area contributed by atoms with Crippen molar-refractivity contribution in [1.29, 1.82) is 0 Å². The maximum absolute atomic E-state index is 13.2. The highest BCUT2D eigenvalue weighted by Gasteiger charge is 2.48. The molecule has 0 radical (unpaired) electrons. The Morgan fingerprint density at radius 2 is 1.97 bits per heavy atom. The van der Waals surface area contributed by atoms with E-state index in [1.54, 1.807) is 12.4 Å². The number of amides is 1. The maximum Gasteiger partial charge on any atom is 0.254 e. The van der Waals surface area contributed by atoms with E-state index in [0.717, 1.165) is 48.3 Å². The topological polar surface area (TPSA) is 85.4 Å². The van der Waals surface area contributed by atoms with Gasteiger partial charge in [-0.25, -0.2) is 9.97 Å². The van der Waals surface area contributed by atoms with Gasteiger partial charge >= 0.3 is 0 Å². The fraction of sp³-hybridized carbons (Fsp3) is 0.409. The van der Waals surface area contributed by atoms with Crippen molar-refractivity contribution in [2.45, 2.75) is 12.8 Å². The lowest BCUT2D eigenvalue weighted by Gasteiger charge is -2.42. The van der Waals surface area contributed by atoms with Gasteiger partial charge in [0.25, 0.3) is 5.91 Å². The van der Waals surface area contributed by atoms with Crippen molar-refractivity contribution in [1.82, 2.24) is 19.9 Å². The second-order valence-corrected chi connectivity index (χ2v) is 8.21. The minimum absolute atomic E-state index is 0.00479. The molecule has 5 rings (SSSR count). The largest absolute Gasteiger partial charge is 0.396 e. The van der Waals surface area contributed by atoms with Crippen LogP contribution in [-0.2, 0) is 0 Å². The predicted molar refractivity (Wildman–Crippen MR) is 111 cm³/mol. The van der Waals surface area contributed by atoms with Crippen molar-refractivity contribution < 1.29 is 9.90 Å². The van der Waals surface area contributed by atoms with Crippen LogP contribution in [0.15, 0.2) is 48.9 Å². The van der Waals surface area contributed by atoms with Crippen LogP contribution >= 0.6 is 0 Å². The van der Waals surface area contributed by atoms with Crippen LogP contribution in [0.5, 0.6) is 0 Å². The van der Waals surface area contributed by atoms with Gasteiger partial charge in [0, 0.05) is 73.8 Å². The number of aromatic nitrogens is 3. The zero-order valence-corrected chi connectivity index (χ0v) is 16.3. The first-order chi connectivity index (χ1) is 14.2. The minimum atomic E-state index is 0.00479. The summed E-state index contributed by atoms with van der Waals surface area (Å²) in [5, 5.41) is 11.0. The molecular weight excluding hydrogens is 366 g/mol. The molecule has 4 heterocycles. The van der Waals surface area contributed by atoms with Gasteiger partial charge in [0.2, 0.25) is 5.95 Å². The Kier molecular flexibility index (Phi) is 4.47. The third-order valence-corrected chi connectivity index (χ3v) is 6.74. The van der Waals surface area contributed by atoms with Crippen LogP contribution in [0.1, 0.15) is 23.2 Å². The van der Waals surface area contributed by atoms with E-state index in [1.807, 2.05) is 41.4 Å². The number of hydrogen-bond acceptors (Lipinski definition) is 5. The quantitative estimate of drug-likeness (QED) is 0.716. The first-order valence-electron chi connectivity index (χ1n) is 10.2. The highest BCUT2D eigenvalue weighted by Crippen LogP contribution is 2.45. The van der Waals surface area contributed by atoms with Crippen LogP contribution in [-0.4, -0.2) is 63.7 Å². The molecule has 7 nitrogen and oxygen atoms in total. The molecule has 0 aliphatic carbocycles. The smallest absolute Gasteiger partial charge is 0.254 e. The number of nitrogens with zero attached hydrogens (tertiary/aromatic N) is 4. The number of fused-ring (bicyclic) bond motifs is 1. The second kappa shape index (κ2) is 7.15. The first kappa shape index (κ1) is 18.1. The van der Waals surface area contributed by atoms with Gasteiger partial charge in [-0.3, -0.25) is 4.79 Å². The average Bonchev–Trinajstić information content (AvgIpc) is 3.39. The number of anilines is 1. The maximum atomic E-state index is 13.2. The Labute approximate surface area is 169 Å². The molecule has 2 N–H and O–H groups in total. The molecule has 29 heavy (non-hydrogen) atoms. The average molecular weight is 391 g/mol. The lowest BCUT2D eigenvalue weighted by molar-refractivity contribution is 0.0417. The number of rotatable bonds is 3. The fourth-order valence-corrected chi connectivity index (χ4v) is 5.06. The fourth-order valence-electron chi connectivity index (χ4n) is 5.06. The number of carbonyl (C=O) groups is 1. The Hall–Kier alpha value is -2.93. The highest BCUT2D eigenvalue weighted by molar-refractivity contribution is 6.06. The van der Waals surface area contributed by atoms with Gasteiger partial charge in [-0.2, -0.15) is 0 Å². The summed E-state index contributed by atoms with van der Waals surface area (Å²) in [6.45, 7) is 3.16. The molecule has 0 bridgehead atoms. The van der Waals surface area contributed by atoms with Gasteiger partial charge in [0.05, 0.1) is 0 Å².